The van der Waals surface area contributed by atoms with Crippen LogP contribution in [-0.4, -0.2) is 53.1 Å². The van der Waals surface area contributed by atoms with Gasteiger partial charge >= 0.3 is 5.97 Å². The standard InChI is InChI=1S/C32H27ClN2O7/c1-19-7-5-11-25-28(19)31(39)35(30(25)38)34(29(37)24-10-3-4-12-26(24)33)18-27(36)20-13-15-22(16-14-20)42-32(40)21-8-6-9-23(17-21)41-2/h3-10,12-17,19,25,28H,11,18H2,1-2H3/t19-,25+,28+/m0/s1. The quantitative estimate of drug-likeness (QED) is 0.120. The van der Waals surface area contributed by atoms with Crippen LogP contribution in [-0.2, 0) is 9.59 Å². The summed E-state index contributed by atoms with van der Waals surface area (Å²) in [5.41, 5.74) is 0.515. The molecule has 1 aliphatic carbocycles. The Kier molecular flexibility index (Phi) is 8.22. The molecule has 0 unspecified atom stereocenters. The van der Waals surface area contributed by atoms with E-state index in [4.69, 9.17) is 21.1 Å². The maximum atomic E-state index is 13.7. The van der Waals surface area contributed by atoms with E-state index in [0.29, 0.717) is 12.2 Å². The van der Waals surface area contributed by atoms with Crippen molar-refractivity contribution >= 4 is 41.1 Å². The van der Waals surface area contributed by atoms with Gasteiger partial charge in [-0.15, -0.1) is 0 Å². The van der Waals surface area contributed by atoms with E-state index in [9.17, 15) is 24.0 Å². The monoisotopic (exact) mass is 586 g/mol. The minimum Gasteiger partial charge on any atom is -0.497 e. The lowest BCUT2D eigenvalue weighted by Gasteiger charge is -2.30. The van der Waals surface area contributed by atoms with Gasteiger partial charge in [-0.25, -0.2) is 9.80 Å². The second kappa shape index (κ2) is 12.0. The first kappa shape index (κ1) is 28.8. The Morgan fingerprint density at radius 2 is 1.67 bits per heavy atom. The fourth-order valence-electron chi connectivity index (χ4n) is 5.23. The molecule has 3 aromatic carbocycles. The van der Waals surface area contributed by atoms with Crippen LogP contribution in [0.1, 0.15) is 44.4 Å². The summed E-state index contributed by atoms with van der Waals surface area (Å²) in [7, 11) is 1.49. The maximum absolute atomic E-state index is 13.7. The molecule has 0 radical (unpaired) electrons. The Morgan fingerprint density at radius 3 is 2.36 bits per heavy atom. The summed E-state index contributed by atoms with van der Waals surface area (Å²) in [5.74, 6) is -3.72. The number of rotatable bonds is 8. The Hall–Kier alpha value is -4.76. The number of esters is 1. The molecular weight excluding hydrogens is 560 g/mol. The number of ketones is 1. The van der Waals surface area contributed by atoms with E-state index in [-0.39, 0.29) is 33.4 Å². The molecule has 0 saturated carbocycles. The Labute approximate surface area is 247 Å². The first-order chi connectivity index (χ1) is 20.2. The third-order valence-electron chi connectivity index (χ3n) is 7.42. The minimum absolute atomic E-state index is 0.0495. The molecule has 0 N–H and O–H groups in total. The molecule has 9 nitrogen and oxygen atoms in total. The largest absolute Gasteiger partial charge is 0.497 e. The highest BCUT2D eigenvalue weighted by molar-refractivity contribution is 6.34. The number of halogens is 1. The average molecular weight is 587 g/mol. The van der Waals surface area contributed by atoms with Crippen LogP contribution < -0.4 is 9.47 Å². The summed E-state index contributed by atoms with van der Waals surface area (Å²) in [4.78, 5) is 66.7. The maximum Gasteiger partial charge on any atom is 0.343 e. The van der Waals surface area contributed by atoms with Gasteiger partial charge in [0, 0.05) is 5.56 Å². The second-order valence-electron chi connectivity index (χ2n) is 10.1. The van der Waals surface area contributed by atoms with Crippen molar-refractivity contribution in [2.45, 2.75) is 13.3 Å². The van der Waals surface area contributed by atoms with Gasteiger partial charge in [0.05, 0.1) is 35.1 Å². The minimum atomic E-state index is -0.751. The van der Waals surface area contributed by atoms with Crippen LogP contribution in [0.5, 0.6) is 11.5 Å². The normalized spacial score (nSPS) is 19.3. The van der Waals surface area contributed by atoms with E-state index in [2.05, 4.69) is 0 Å². The van der Waals surface area contributed by atoms with E-state index < -0.39 is 47.9 Å². The Balaban J connectivity index is 1.38. The molecule has 0 spiro atoms. The topological polar surface area (TPSA) is 110 Å². The third kappa shape index (κ3) is 5.56. The number of benzene rings is 3. The van der Waals surface area contributed by atoms with Crippen LogP contribution in [0.3, 0.4) is 0 Å². The Morgan fingerprint density at radius 1 is 0.929 bits per heavy atom. The van der Waals surface area contributed by atoms with Gasteiger partial charge in [0.15, 0.2) is 5.78 Å². The lowest BCUT2D eigenvalue weighted by molar-refractivity contribution is -0.154. The molecule has 1 heterocycles. The van der Waals surface area contributed by atoms with Crippen molar-refractivity contribution in [2.24, 2.45) is 17.8 Å². The number of hydrazine groups is 1. The highest BCUT2D eigenvalue weighted by Crippen LogP contribution is 2.39. The van der Waals surface area contributed by atoms with Crippen molar-refractivity contribution in [3.63, 3.8) is 0 Å². The summed E-state index contributed by atoms with van der Waals surface area (Å²) < 4.78 is 10.5. The van der Waals surface area contributed by atoms with E-state index >= 15 is 0 Å². The number of amides is 3. The summed E-state index contributed by atoms with van der Waals surface area (Å²) in [6.45, 7) is 1.25. The number of nitrogens with zero attached hydrogens (tertiary/aromatic N) is 2. The molecule has 0 aromatic heterocycles. The highest BCUT2D eigenvalue weighted by atomic mass is 35.5. The van der Waals surface area contributed by atoms with Crippen LogP contribution >= 0.6 is 11.6 Å². The molecule has 1 fully saturated rings. The first-order valence-electron chi connectivity index (χ1n) is 13.3. The summed E-state index contributed by atoms with van der Waals surface area (Å²) in [6, 6.07) is 18.5. The molecule has 5 rings (SSSR count). The number of allylic oxidation sites excluding steroid dienone is 2. The van der Waals surface area contributed by atoms with Gasteiger partial charge < -0.3 is 9.47 Å². The van der Waals surface area contributed by atoms with Crippen LogP contribution in [0.4, 0.5) is 0 Å². The number of fused-ring (bicyclic) bond motifs is 1. The molecule has 10 heteroatoms. The number of hydrogen-bond acceptors (Lipinski definition) is 7. The van der Waals surface area contributed by atoms with Crippen molar-refractivity contribution < 1.29 is 33.4 Å². The molecule has 214 valence electrons. The first-order valence-corrected chi connectivity index (χ1v) is 13.7. The van der Waals surface area contributed by atoms with Crippen molar-refractivity contribution in [1.82, 2.24) is 10.0 Å². The molecule has 1 saturated heterocycles. The number of imide groups is 1. The molecule has 1 aliphatic heterocycles. The number of ether oxygens (including phenoxy) is 2. The van der Waals surface area contributed by atoms with Gasteiger partial charge in [-0.3, -0.25) is 19.2 Å². The van der Waals surface area contributed by atoms with Crippen LogP contribution in [0.15, 0.2) is 84.9 Å². The zero-order valence-electron chi connectivity index (χ0n) is 22.9. The molecular formula is C32H27ClN2O7. The number of carbonyl (C=O) groups excluding carboxylic acids is 5. The molecule has 3 atom stereocenters. The molecule has 2 aliphatic rings. The van der Waals surface area contributed by atoms with Gasteiger partial charge in [0.25, 0.3) is 17.7 Å². The number of carbonyl (C=O) groups is 5. The van der Waals surface area contributed by atoms with E-state index in [1.807, 2.05) is 19.1 Å². The fraction of sp³-hybridized carbons (Fsp3) is 0.219. The molecule has 3 aromatic rings. The molecule has 0 bridgehead atoms. The third-order valence-corrected chi connectivity index (χ3v) is 7.74. The van der Waals surface area contributed by atoms with Gasteiger partial charge in [0.1, 0.15) is 18.0 Å². The number of methoxy groups -OCH3 is 1. The van der Waals surface area contributed by atoms with Gasteiger partial charge in [0.2, 0.25) is 0 Å². The van der Waals surface area contributed by atoms with Crippen molar-refractivity contribution in [3.8, 4) is 11.5 Å². The van der Waals surface area contributed by atoms with Crippen LogP contribution in [0.25, 0.3) is 0 Å². The van der Waals surface area contributed by atoms with Crippen LogP contribution in [0.2, 0.25) is 5.02 Å². The van der Waals surface area contributed by atoms with Gasteiger partial charge in [-0.2, -0.15) is 5.01 Å². The van der Waals surface area contributed by atoms with E-state index in [1.54, 1.807) is 36.4 Å². The summed E-state index contributed by atoms with van der Waals surface area (Å²) >= 11 is 6.28. The second-order valence-corrected chi connectivity index (χ2v) is 10.5. The lowest BCUT2D eigenvalue weighted by atomic mass is 9.78. The van der Waals surface area contributed by atoms with Crippen molar-refractivity contribution in [2.75, 3.05) is 13.7 Å². The van der Waals surface area contributed by atoms with Crippen LogP contribution in [0, 0.1) is 17.8 Å². The number of hydrogen-bond donors (Lipinski definition) is 0. The zero-order chi connectivity index (χ0) is 30.0. The fourth-order valence-corrected chi connectivity index (χ4v) is 5.44. The Bertz CT molecular complexity index is 1600. The molecule has 42 heavy (non-hydrogen) atoms. The number of Topliss-reactive ketones (excluding diaryl/α,β-unsaturated/α-hetero) is 1. The summed E-state index contributed by atoms with van der Waals surface area (Å²) in [6.07, 6.45) is 4.10. The summed E-state index contributed by atoms with van der Waals surface area (Å²) in [5, 5.41) is 1.82. The SMILES string of the molecule is COc1cccc(C(=O)Oc2ccc(C(=O)CN(C(=O)c3ccccc3Cl)N3C(=O)[C@@H]4[C@@H](C)C=CC[C@H]4C3=O)cc2)c1. The zero-order valence-corrected chi connectivity index (χ0v) is 23.6. The van der Waals surface area contributed by atoms with Crippen molar-refractivity contribution in [3.05, 3.63) is 107 Å². The molecule has 3 amide bonds. The van der Waals surface area contributed by atoms with Gasteiger partial charge in [-0.05, 0) is 66.9 Å². The lowest BCUT2D eigenvalue weighted by Crippen LogP contribution is -2.52. The smallest absolute Gasteiger partial charge is 0.343 e. The predicted octanol–water partition coefficient (Wildman–Crippen LogP) is 5.01. The van der Waals surface area contributed by atoms with E-state index in [0.717, 1.165) is 10.0 Å². The predicted molar refractivity (Wildman–Crippen MR) is 153 cm³/mol. The van der Waals surface area contributed by atoms with E-state index in [1.165, 1.54) is 43.5 Å². The van der Waals surface area contributed by atoms with Crippen molar-refractivity contribution in [1.29, 1.82) is 0 Å². The average Bonchev–Trinajstić information content (AvgIpc) is 3.26. The highest BCUT2D eigenvalue weighted by Gasteiger charge is 2.53. The van der Waals surface area contributed by atoms with Gasteiger partial charge in [-0.1, -0.05) is 48.9 Å².